The summed E-state index contributed by atoms with van der Waals surface area (Å²) in [4.78, 5) is 8.26. The van der Waals surface area contributed by atoms with Crippen molar-refractivity contribution in [3.05, 3.63) is 24.3 Å². The third kappa shape index (κ3) is 4.01. The SMILES string of the molecule is c1cnc(CNCC2CSCCS2)cn1. The van der Waals surface area contributed by atoms with Gasteiger partial charge in [-0.05, 0) is 0 Å². The Kier molecular flexibility index (Phi) is 4.76. The maximum absolute atomic E-state index is 4.22. The highest BCUT2D eigenvalue weighted by Gasteiger charge is 2.13. The molecular formula is C10H15N3S2. The van der Waals surface area contributed by atoms with E-state index in [0.29, 0.717) is 0 Å². The minimum Gasteiger partial charge on any atom is -0.310 e. The van der Waals surface area contributed by atoms with Crippen molar-refractivity contribution in [1.82, 2.24) is 15.3 Å². The molecule has 2 heterocycles. The van der Waals surface area contributed by atoms with E-state index in [1.165, 1.54) is 17.3 Å². The van der Waals surface area contributed by atoms with Crippen LogP contribution in [0, 0.1) is 0 Å². The van der Waals surface area contributed by atoms with E-state index in [0.717, 1.165) is 24.0 Å². The lowest BCUT2D eigenvalue weighted by molar-refractivity contribution is 0.672. The molecule has 5 heteroatoms. The quantitative estimate of drug-likeness (QED) is 0.863. The first kappa shape index (κ1) is 11.2. The van der Waals surface area contributed by atoms with Crippen molar-refractivity contribution >= 4 is 23.5 Å². The van der Waals surface area contributed by atoms with Gasteiger partial charge in [0.05, 0.1) is 5.69 Å². The molecule has 1 unspecified atom stereocenters. The lowest BCUT2D eigenvalue weighted by Crippen LogP contribution is -2.28. The van der Waals surface area contributed by atoms with E-state index in [4.69, 9.17) is 0 Å². The van der Waals surface area contributed by atoms with Gasteiger partial charge in [-0.3, -0.25) is 9.97 Å². The van der Waals surface area contributed by atoms with Gasteiger partial charge in [0.2, 0.25) is 0 Å². The molecule has 1 aromatic rings. The standard InChI is InChI=1S/C10H15N3S2/c1-2-13-9(5-11-1)6-12-7-10-8-14-3-4-15-10/h1-2,5,10,12H,3-4,6-8H2. The van der Waals surface area contributed by atoms with E-state index in [9.17, 15) is 0 Å². The highest BCUT2D eigenvalue weighted by atomic mass is 32.2. The molecule has 1 aliphatic rings. The van der Waals surface area contributed by atoms with E-state index in [2.05, 4.69) is 38.8 Å². The Hall–Kier alpha value is -0.260. The minimum absolute atomic E-state index is 0.764. The van der Waals surface area contributed by atoms with Crippen LogP contribution in [0.25, 0.3) is 0 Å². The van der Waals surface area contributed by atoms with Crippen LogP contribution < -0.4 is 5.32 Å². The molecular weight excluding hydrogens is 226 g/mol. The zero-order valence-corrected chi connectivity index (χ0v) is 10.2. The van der Waals surface area contributed by atoms with Gasteiger partial charge in [-0.25, -0.2) is 0 Å². The van der Waals surface area contributed by atoms with Crippen LogP contribution >= 0.6 is 23.5 Å². The number of hydrogen-bond acceptors (Lipinski definition) is 5. The number of nitrogens with one attached hydrogen (secondary N) is 1. The predicted octanol–water partition coefficient (Wildman–Crippen LogP) is 1.41. The van der Waals surface area contributed by atoms with Gasteiger partial charge in [0.15, 0.2) is 0 Å². The predicted molar refractivity (Wildman–Crippen MR) is 67.3 cm³/mol. The monoisotopic (exact) mass is 241 g/mol. The summed E-state index contributed by atoms with van der Waals surface area (Å²) in [6, 6.07) is 0. The fraction of sp³-hybridized carbons (Fsp3) is 0.600. The molecule has 1 N–H and O–H groups in total. The highest BCUT2D eigenvalue weighted by Crippen LogP contribution is 2.23. The van der Waals surface area contributed by atoms with Crippen molar-refractivity contribution < 1.29 is 0 Å². The second-order valence-electron chi connectivity index (χ2n) is 3.40. The maximum Gasteiger partial charge on any atom is 0.0724 e. The van der Waals surface area contributed by atoms with Crippen LogP contribution in [-0.2, 0) is 6.54 Å². The molecule has 3 nitrogen and oxygen atoms in total. The number of nitrogens with zero attached hydrogens (tertiary/aromatic N) is 2. The Morgan fingerprint density at radius 2 is 2.40 bits per heavy atom. The van der Waals surface area contributed by atoms with E-state index in [-0.39, 0.29) is 0 Å². The van der Waals surface area contributed by atoms with Gasteiger partial charge >= 0.3 is 0 Å². The second-order valence-corrected chi connectivity index (χ2v) is 5.95. The van der Waals surface area contributed by atoms with Gasteiger partial charge in [0.1, 0.15) is 0 Å². The normalized spacial score (nSPS) is 21.5. The van der Waals surface area contributed by atoms with Crippen LogP contribution in [0.5, 0.6) is 0 Å². The summed E-state index contributed by atoms with van der Waals surface area (Å²) in [5.74, 6) is 3.88. The first-order valence-electron chi connectivity index (χ1n) is 5.10. The van der Waals surface area contributed by atoms with E-state index in [1.807, 2.05) is 6.20 Å². The topological polar surface area (TPSA) is 37.8 Å². The summed E-state index contributed by atoms with van der Waals surface area (Å²) in [6.07, 6.45) is 5.26. The van der Waals surface area contributed by atoms with Crippen molar-refractivity contribution in [2.75, 3.05) is 23.8 Å². The molecule has 0 radical (unpaired) electrons. The van der Waals surface area contributed by atoms with E-state index in [1.54, 1.807) is 12.4 Å². The van der Waals surface area contributed by atoms with Gasteiger partial charge in [-0.15, -0.1) is 0 Å². The van der Waals surface area contributed by atoms with Crippen molar-refractivity contribution in [2.24, 2.45) is 0 Å². The van der Waals surface area contributed by atoms with Crippen LogP contribution in [0.2, 0.25) is 0 Å². The fourth-order valence-electron chi connectivity index (χ4n) is 1.44. The fourth-order valence-corrected chi connectivity index (χ4v) is 4.08. The largest absolute Gasteiger partial charge is 0.310 e. The molecule has 1 aliphatic heterocycles. The van der Waals surface area contributed by atoms with Crippen molar-refractivity contribution in [2.45, 2.75) is 11.8 Å². The molecule has 1 saturated heterocycles. The number of thioether (sulfide) groups is 2. The average molecular weight is 241 g/mol. The minimum atomic E-state index is 0.764. The Bertz CT molecular complexity index is 275. The van der Waals surface area contributed by atoms with Crippen LogP contribution in [0.1, 0.15) is 5.69 Å². The van der Waals surface area contributed by atoms with Gasteiger partial charge < -0.3 is 5.32 Å². The van der Waals surface area contributed by atoms with Gasteiger partial charge in [-0.1, -0.05) is 0 Å². The zero-order valence-electron chi connectivity index (χ0n) is 8.56. The molecule has 0 amide bonds. The molecule has 1 aromatic heterocycles. The zero-order chi connectivity index (χ0) is 10.3. The number of aromatic nitrogens is 2. The Balaban J connectivity index is 1.66. The molecule has 82 valence electrons. The third-order valence-electron chi connectivity index (χ3n) is 2.18. The van der Waals surface area contributed by atoms with Crippen LogP contribution in [0.3, 0.4) is 0 Å². The lowest BCUT2D eigenvalue weighted by atomic mass is 10.4. The maximum atomic E-state index is 4.22. The van der Waals surface area contributed by atoms with Crippen LogP contribution in [0.15, 0.2) is 18.6 Å². The molecule has 0 spiro atoms. The van der Waals surface area contributed by atoms with E-state index >= 15 is 0 Å². The molecule has 1 fully saturated rings. The lowest BCUT2D eigenvalue weighted by Gasteiger charge is -2.20. The van der Waals surface area contributed by atoms with E-state index < -0.39 is 0 Å². The molecule has 15 heavy (non-hydrogen) atoms. The molecule has 1 atom stereocenters. The molecule has 0 saturated carbocycles. The van der Waals surface area contributed by atoms with Crippen LogP contribution in [-0.4, -0.2) is 39.0 Å². The van der Waals surface area contributed by atoms with Crippen molar-refractivity contribution in [3.8, 4) is 0 Å². The number of hydrogen-bond donors (Lipinski definition) is 1. The first-order valence-corrected chi connectivity index (χ1v) is 7.30. The summed E-state index contributed by atoms with van der Waals surface area (Å²) in [5.41, 5.74) is 1.02. The summed E-state index contributed by atoms with van der Waals surface area (Å²) < 4.78 is 0. The smallest absolute Gasteiger partial charge is 0.0724 e. The first-order chi connectivity index (χ1) is 7.45. The second kappa shape index (κ2) is 6.35. The van der Waals surface area contributed by atoms with Crippen LogP contribution in [0.4, 0.5) is 0 Å². The molecule has 0 aliphatic carbocycles. The molecule has 0 aromatic carbocycles. The van der Waals surface area contributed by atoms with Gasteiger partial charge in [0.25, 0.3) is 0 Å². The Labute approximate surface area is 98.9 Å². The van der Waals surface area contributed by atoms with Crippen molar-refractivity contribution in [1.29, 1.82) is 0 Å². The summed E-state index contributed by atoms with van der Waals surface area (Å²) in [7, 11) is 0. The van der Waals surface area contributed by atoms with Gasteiger partial charge in [0, 0.05) is 54.2 Å². The average Bonchev–Trinajstić information content (AvgIpc) is 2.32. The summed E-state index contributed by atoms with van der Waals surface area (Å²) >= 11 is 4.14. The summed E-state index contributed by atoms with van der Waals surface area (Å²) in [6.45, 7) is 1.91. The molecule has 2 rings (SSSR count). The van der Waals surface area contributed by atoms with Gasteiger partial charge in [-0.2, -0.15) is 23.5 Å². The Morgan fingerprint density at radius 1 is 1.40 bits per heavy atom. The highest BCUT2D eigenvalue weighted by molar-refractivity contribution is 8.06. The third-order valence-corrected chi connectivity index (χ3v) is 5.02. The Morgan fingerprint density at radius 3 is 3.13 bits per heavy atom. The summed E-state index contributed by atoms with van der Waals surface area (Å²) in [5, 5.41) is 4.20. The molecule has 0 bridgehead atoms. The van der Waals surface area contributed by atoms with Crippen molar-refractivity contribution in [3.63, 3.8) is 0 Å². The number of rotatable bonds is 4.